The van der Waals surface area contributed by atoms with Crippen molar-refractivity contribution in [2.75, 3.05) is 52.9 Å². The minimum atomic E-state index is -1.45. The average Bonchev–Trinajstić information content (AvgIpc) is 2.58. The highest BCUT2D eigenvalue weighted by Gasteiger charge is 2.13. The van der Waals surface area contributed by atoms with E-state index >= 15 is 0 Å². The van der Waals surface area contributed by atoms with Crippen LogP contribution in [0.2, 0.25) is 19.6 Å². The van der Waals surface area contributed by atoms with Crippen LogP contribution in [0.4, 0.5) is 5.69 Å². The molecule has 0 atom stereocenters. The van der Waals surface area contributed by atoms with E-state index in [2.05, 4.69) is 19.6 Å². The van der Waals surface area contributed by atoms with Crippen LogP contribution in [0, 0.1) is 10.1 Å². The number of hydrogen-bond donors (Lipinski definition) is 0. The molecule has 1 rings (SSSR count). The van der Waals surface area contributed by atoms with Gasteiger partial charge in [0.15, 0.2) is 8.32 Å². The summed E-state index contributed by atoms with van der Waals surface area (Å²) in [5.41, 5.74) is 0.0401. The maximum absolute atomic E-state index is 10.5. The second kappa shape index (κ2) is 12.8. The molecule has 1 aromatic carbocycles. The number of benzene rings is 1. The summed E-state index contributed by atoms with van der Waals surface area (Å²) in [7, 11) is -1.45. The van der Waals surface area contributed by atoms with Gasteiger partial charge in [-0.3, -0.25) is 10.1 Å². The molecule has 0 fully saturated rings. The Morgan fingerprint density at radius 2 is 1.27 bits per heavy atom. The van der Waals surface area contributed by atoms with E-state index in [-0.39, 0.29) is 5.69 Å². The monoisotopic (exact) mass is 387 g/mol. The van der Waals surface area contributed by atoms with Crippen LogP contribution >= 0.6 is 0 Å². The number of nitro benzene ring substituents is 1. The molecule has 9 heteroatoms. The molecule has 0 bridgehead atoms. The molecular formula is C17H29NO7Si. The van der Waals surface area contributed by atoms with Crippen LogP contribution in [0.1, 0.15) is 0 Å². The number of hydrogen-bond acceptors (Lipinski definition) is 7. The molecule has 0 spiro atoms. The van der Waals surface area contributed by atoms with Gasteiger partial charge in [0, 0.05) is 12.1 Å². The lowest BCUT2D eigenvalue weighted by Crippen LogP contribution is -2.27. The summed E-state index contributed by atoms with van der Waals surface area (Å²) in [6, 6.07) is 5.94. The Labute approximate surface area is 155 Å². The fraction of sp³-hybridized carbons (Fsp3) is 0.647. The lowest BCUT2D eigenvalue weighted by Gasteiger charge is -2.16. The molecule has 148 valence electrons. The zero-order chi connectivity index (χ0) is 19.3. The SMILES string of the molecule is C[Si](C)(C)OCCOCCOCCOCCOc1ccc([N+](=O)[O-])cc1. The van der Waals surface area contributed by atoms with Crippen LogP contribution in [-0.2, 0) is 18.6 Å². The first-order valence-electron chi connectivity index (χ1n) is 8.63. The summed E-state index contributed by atoms with van der Waals surface area (Å²) in [5, 5.41) is 10.5. The lowest BCUT2D eigenvalue weighted by molar-refractivity contribution is -0.384. The molecule has 0 aliphatic heterocycles. The van der Waals surface area contributed by atoms with Gasteiger partial charge in [0.25, 0.3) is 5.69 Å². The van der Waals surface area contributed by atoms with Crippen molar-refractivity contribution >= 4 is 14.0 Å². The van der Waals surface area contributed by atoms with Gasteiger partial charge < -0.3 is 23.4 Å². The maximum Gasteiger partial charge on any atom is 0.269 e. The van der Waals surface area contributed by atoms with Crippen LogP contribution in [0.5, 0.6) is 5.75 Å². The van der Waals surface area contributed by atoms with Crippen molar-refractivity contribution in [3.63, 3.8) is 0 Å². The van der Waals surface area contributed by atoms with Crippen LogP contribution < -0.4 is 4.74 Å². The molecule has 0 aromatic heterocycles. The molecule has 0 unspecified atom stereocenters. The first-order chi connectivity index (χ1) is 12.4. The summed E-state index contributed by atoms with van der Waals surface area (Å²) in [6.45, 7) is 10.5. The van der Waals surface area contributed by atoms with Crippen molar-refractivity contribution in [1.82, 2.24) is 0 Å². The molecule has 0 saturated carbocycles. The average molecular weight is 388 g/mol. The van der Waals surface area contributed by atoms with Gasteiger partial charge in [-0.1, -0.05) is 0 Å². The van der Waals surface area contributed by atoms with Crippen molar-refractivity contribution in [1.29, 1.82) is 0 Å². The van der Waals surface area contributed by atoms with Gasteiger partial charge in [-0.05, 0) is 31.8 Å². The highest BCUT2D eigenvalue weighted by Crippen LogP contribution is 2.16. The molecule has 26 heavy (non-hydrogen) atoms. The Hall–Kier alpha value is -1.52. The molecule has 0 aliphatic carbocycles. The van der Waals surface area contributed by atoms with E-state index in [0.717, 1.165) is 0 Å². The van der Waals surface area contributed by atoms with Crippen LogP contribution in [0.3, 0.4) is 0 Å². The van der Waals surface area contributed by atoms with Crippen molar-refractivity contribution in [3.05, 3.63) is 34.4 Å². The number of nitrogens with zero attached hydrogens (tertiary/aromatic N) is 1. The third kappa shape index (κ3) is 11.9. The fourth-order valence-electron chi connectivity index (χ4n) is 1.83. The molecular weight excluding hydrogens is 358 g/mol. The Balaban J connectivity index is 1.87. The molecule has 8 nitrogen and oxygen atoms in total. The third-order valence-electron chi connectivity index (χ3n) is 3.05. The Morgan fingerprint density at radius 1 is 0.808 bits per heavy atom. The summed E-state index contributed by atoms with van der Waals surface area (Å²) in [5.74, 6) is 0.575. The first-order valence-corrected chi connectivity index (χ1v) is 12.0. The second-order valence-electron chi connectivity index (χ2n) is 6.40. The first kappa shape index (κ1) is 22.5. The van der Waals surface area contributed by atoms with Gasteiger partial charge in [-0.2, -0.15) is 0 Å². The smallest absolute Gasteiger partial charge is 0.269 e. The zero-order valence-electron chi connectivity index (χ0n) is 15.8. The van der Waals surface area contributed by atoms with Gasteiger partial charge in [-0.15, -0.1) is 0 Å². The molecule has 0 heterocycles. The van der Waals surface area contributed by atoms with Crippen molar-refractivity contribution in [2.45, 2.75) is 19.6 Å². The van der Waals surface area contributed by atoms with Crippen LogP contribution in [0.15, 0.2) is 24.3 Å². The predicted octanol–water partition coefficient (Wildman–Crippen LogP) is 2.87. The van der Waals surface area contributed by atoms with Crippen molar-refractivity contribution in [2.24, 2.45) is 0 Å². The van der Waals surface area contributed by atoms with Gasteiger partial charge in [0.05, 0.1) is 51.2 Å². The highest BCUT2D eigenvalue weighted by molar-refractivity contribution is 6.69. The standard InChI is InChI=1S/C17H29NO7Si/c1-26(2,3)25-15-13-23-11-9-21-8-10-22-12-14-24-17-6-4-16(5-7-17)18(19)20/h4-7H,8-15H2,1-3H3. The molecule has 0 amide bonds. The van der Waals surface area contributed by atoms with Gasteiger partial charge >= 0.3 is 0 Å². The number of rotatable bonds is 15. The zero-order valence-corrected chi connectivity index (χ0v) is 16.8. The largest absolute Gasteiger partial charge is 0.491 e. The Kier molecular flexibility index (Phi) is 11.1. The van der Waals surface area contributed by atoms with Crippen LogP contribution in [-0.4, -0.2) is 66.1 Å². The van der Waals surface area contributed by atoms with Crippen LogP contribution in [0.25, 0.3) is 0 Å². The Bertz CT molecular complexity index is 505. The van der Waals surface area contributed by atoms with Crippen molar-refractivity contribution in [3.8, 4) is 5.75 Å². The van der Waals surface area contributed by atoms with E-state index < -0.39 is 13.2 Å². The van der Waals surface area contributed by atoms with Gasteiger partial charge in [-0.25, -0.2) is 0 Å². The molecule has 0 N–H and O–H groups in total. The number of non-ortho nitro benzene ring substituents is 1. The number of nitro groups is 1. The fourth-order valence-corrected chi connectivity index (χ4v) is 2.53. The Morgan fingerprint density at radius 3 is 1.73 bits per heavy atom. The normalized spacial score (nSPS) is 11.5. The van der Waals surface area contributed by atoms with Gasteiger partial charge in [0.1, 0.15) is 12.4 Å². The summed E-state index contributed by atoms with van der Waals surface area (Å²) in [4.78, 5) is 10.1. The molecule has 0 radical (unpaired) electrons. The highest BCUT2D eigenvalue weighted by atomic mass is 28.4. The molecule has 0 saturated heterocycles. The molecule has 1 aromatic rings. The van der Waals surface area contributed by atoms with E-state index in [1.54, 1.807) is 12.1 Å². The summed E-state index contributed by atoms with van der Waals surface area (Å²) < 4.78 is 27.3. The van der Waals surface area contributed by atoms with E-state index in [1.807, 2.05) is 0 Å². The quantitative estimate of drug-likeness (QED) is 0.198. The van der Waals surface area contributed by atoms with Crippen molar-refractivity contribution < 1.29 is 28.3 Å². The number of ether oxygens (including phenoxy) is 4. The summed E-state index contributed by atoms with van der Waals surface area (Å²) >= 11 is 0. The minimum absolute atomic E-state index is 0.0401. The lowest BCUT2D eigenvalue weighted by atomic mass is 10.3. The second-order valence-corrected chi connectivity index (χ2v) is 10.9. The van der Waals surface area contributed by atoms with E-state index in [0.29, 0.717) is 58.6 Å². The van der Waals surface area contributed by atoms with Gasteiger partial charge in [0.2, 0.25) is 0 Å². The molecule has 0 aliphatic rings. The van der Waals surface area contributed by atoms with E-state index in [9.17, 15) is 10.1 Å². The predicted molar refractivity (Wildman–Crippen MR) is 100 cm³/mol. The minimum Gasteiger partial charge on any atom is -0.491 e. The van der Waals surface area contributed by atoms with E-state index in [1.165, 1.54) is 12.1 Å². The van der Waals surface area contributed by atoms with E-state index in [4.69, 9.17) is 23.4 Å². The maximum atomic E-state index is 10.5. The third-order valence-corrected chi connectivity index (χ3v) is 4.12. The summed E-state index contributed by atoms with van der Waals surface area (Å²) in [6.07, 6.45) is 0. The topological polar surface area (TPSA) is 89.3 Å².